The molecule has 17 heavy (non-hydrogen) atoms. The van der Waals surface area contributed by atoms with Gasteiger partial charge < -0.3 is 16.0 Å². The van der Waals surface area contributed by atoms with Gasteiger partial charge in [0.05, 0.1) is 11.4 Å². The molecule has 0 radical (unpaired) electrons. The van der Waals surface area contributed by atoms with E-state index in [-0.39, 0.29) is 0 Å². The smallest absolute Gasteiger partial charge is 0.0574 e. The van der Waals surface area contributed by atoms with Crippen LogP contribution < -0.4 is 11.1 Å². The highest BCUT2D eigenvalue weighted by Crippen LogP contribution is 2.24. The van der Waals surface area contributed by atoms with Crippen molar-refractivity contribution in [3.8, 4) is 0 Å². The monoisotopic (exact) mass is 297 g/mol. The Morgan fingerprint density at radius 1 is 1.41 bits per heavy atom. The van der Waals surface area contributed by atoms with E-state index in [0.717, 1.165) is 28.3 Å². The summed E-state index contributed by atoms with van der Waals surface area (Å²) in [7, 11) is 2.19. The fraction of sp³-hybridized carbons (Fsp3) is 0.538. The van der Waals surface area contributed by atoms with Crippen molar-refractivity contribution >= 4 is 27.3 Å². The lowest BCUT2D eigenvalue weighted by molar-refractivity contribution is 0.226. The van der Waals surface area contributed by atoms with E-state index in [1.165, 1.54) is 25.9 Å². The molecule has 0 unspecified atom stereocenters. The fourth-order valence-electron chi connectivity index (χ4n) is 2.22. The number of benzene rings is 1. The number of nitrogens with one attached hydrogen (secondary N) is 1. The second-order valence-corrected chi connectivity index (χ2v) is 5.77. The molecule has 1 heterocycles. The third-order valence-electron chi connectivity index (χ3n) is 3.43. The predicted molar refractivity (Wildman–Crippen MR) is 77.3 cm³/mol. The maximum Gasteiger partial charge on any atom is 0.0574 e. The molecule has 0 spiro atoms. The maximum absolute atomic E-state index is 5.96. The van der Waals surface area contributed by atoms with Crippen molar-refractivity contribution in [2.75, 3.05) is 37.7 Å². The van der Waals surface area contributed by atoms with Crippen LogP contribution in [-0.4, -0.2) is 31.6 Å². The Bertz CT molecular complexity index is 373. The second kappa shape index (κ2) is 5.74. The standard InChI is InChI=1S/C13H20BrN3/c1-17-6-4-10(5-7-17)9-16-13-3-2-11(14)8-12(13)15/h2-3,8,10,16H,4-7,9,15H2,1H3. The zero-order valence-electron chi connectivity index (χ0n) is 10.2. The zero-order chi connectivity index (χ0) is 12.3. The summed E-state index contributed by atoms with van der Waals surface area (Å²) >= 11 is 3.42. The maximum atomic E-state index is 5.96. The first-order valence-electron chi connectivity index (χ1n) is 6.12. The van der Waals surface area contributed by atoms with Gasteiger partial charge in [-0.05, 0) is 57.1 Å². The quantitative estimate of drug-likeness (QED) is 0.843. The van der Waals surface area contributed by atoms with E-state index in [1.54, 1.807) is 0 Å². The number of piperidine rings is 1. The fourth-order valence-corrected chi connectivity index (χ4v) is 2.59. The largest absolute Gasteiger partial charge is 0.397 e. The number of likely N-dealkylation sites (tertiary alicyclic amines) is 1. The molecule has 0 aliphatic carbocycles. The Balaban J connectivity index is 1.85. The molecule has 0 aromatic heterocycles. The van der Waals surface area contributed by atoms with Gasteiger partial charge >= 0.3 is 0 Å². The number of hydrogen-bond donors (Lipinski definition) is 2. The average Bonchev–Trinajstić information content (AvgIpc) is 2.30. The molecule has 0 bridgehead atoms. The number of nitrogens with two attached hydrogens (primary N) is 1. The van der Waals surface area contributed by atoms with Gasteiger partial charge in [-0.1, -0.05) is 15.9 Å². The molecular formula is C13H20BrN3. The normalized spacial score (nSPS) is 18.2. The summed E-state index contributed by atoms with van der Waals surface area (Å²) in [5, 5.41) is 3.46. The van der Waals surface area contributed by atoms with E-state index in [1.807, 2.05) is 18.2 Å². The molecule has 0 amide bonds. The summed E-state index contributed by atoms with van der Waals surface area (Å²) in [6.07, 6.45) is 2.56. The molecule has 3 nitrogen and oxygen atoms in total. The third kappa shape index (κ3) is 3.61. The minimum Gasteiger partial charge on any atom is -0.397 e. The van der Waals surface area contributed by atoms with Crippen molar-refractivity contribution in [3.63, 3.8) is 0 Å². The van der Waals surface area contributed by atoms with Crippen LogP contribution in [0, 0.1) is 5.92 Å². The van der Waals surface area contributed by atoms with Crippen molar-refractivity contribution in [2.24, 2.45) is 5.92 Å². The van der Waals surface area contributed by atoms with Crippen LogP contribution in [0.15, 0.2) is 22.7 Å². The van der Waals surface area contributed by atoms with Gasteiger partial charge in [-0.3, -0.25) is 0 Å². The van der Waals surface area contributed by atoms with Crippen LogP contribution in [0.25, 0.3) is 0 Å². The highest BCUT2D eigenvalue weighted by Gasteiger charge is 2.16. The molecule has 4 heteroatoms. The highest BCUT2D eigenvalue weighted by atomic mass is 79.9. The van der Waals surface area contributed by atoms with E-state index < -0.39 is 0 Å². The molecule has 1 aliphatic rings. The van der Waals surface area contributed by atoms with E-state index >= 15 is 0 Å². The third-order valence-corrected chi connectivity index (χ3v) is 3.93. The Labute approximate surface area is 111 Å². The van der Waals surface area contributed by atoms with E-state index in [0.29, 0.717) is 0 Å². The number of nitrogens with zero attached hydrogens (tertiary/aromatic N) is 1. The van der Waals surface area contributed by atoms with Crippen LogP contribution in [0.4, 0.5) is 11.4 Å². The van der Waals surface area contributed by atoms with Crippen LogP contribution in [0.2, 0.25) is 0 Å². The van der Waals surface area contributed by atoms with Gasteiger partial charge in [-0.15, -0.1) is 0 Å². The number of nitrogen functional groups attached to an aromatic ring is 1. The van der Waals surface area contributed by atoms with Gasteiger partial charge in [0.2, 0.25) is 0 Å². The summed E-state index contributed by atoms with van der Waals surface area (Å²) in [6, 6.07) is 6.00. The lowest BCUT2D eigenvalue weighted by atomic mass is 9.97. The lowest BCUT2D eigenvalue weighted by Crippen LogP contribution is -2.33. The molecule has 1 fully saturated rings. The van der Waals surface area contributed by atoms with Crippen LogP contribution in [-0.2, 0) is 0 Å². The van der Waals surface area contributed by atoms with Crippen LogP contribution in [0.1, 0.15) is 12.8 Å². The lowest BCUT2D eigenvalue weighted by Gasteiger charge is -2.29. The van der Waals surface area contributed by atoms with Crippen molar-refractivity contribution in [3.05, 3.63) is 22.7 Å². The van der Waals surface area contributed by atoms with E-state index in [2.05, 4.69) is 33.2 Å². The SMILES string of the molecule is CN1CCC(CNc2ccc(Br)cc2N)CC1. The van der Waals surface area contributed by atoms with Gasteiger partial charge in [-0.2, -0.15) is 0 Å². The molecular weight excluding hydrogens is 278 g/mol. The van der Waals surface area contributed by atoms with Crippen LogP contribution in [0.5, 0.6) is 0 Å². The Hall–Kier alpha value is -0.740. The number of halogens is 1. The Kier molecular flexibility index (Phi) is 4.29. The van der Waals surface area contributed by atoms with Crippen LogP contribution >= 0.6 is 15.9 Å². The molecule has 94 valence electrons. The second-order valence-electron chi connectivity index (χ2n) is 4.86. The summed E-state index contributed by atoms with van der Waals surface area (Å²) < 4.78 is 1.03. The number of rotatable bonds is 3. The minimum atomic E-state index is 0.772. The zero-order valence-corrected chi connectivity index (χ0v) is 11.8. The first kappa shape index (κ1) is 12.7. The van der Waals surface area contributed by atoms with Crippen molar-refractivity contribution in [2.45, 2.75) is 12.8 Å². The Morgan fingerprint density at radius 3 is 2.76 bits per heavy atom. The summed E-state index contributed by atoms with van der Waals surface area (Å²) in [4.78, 5) is 2.39. The molecule has 1 aromatic rings. The average molecular weight is 298 g/mol. The first-order chi connectivity index (χ1) is 8.15. The molecule has 2 rings (SSSR count). The van der Waals surface area contributed by atoms with Crippen molar-refractivity contribution in [1.82, 2.24) is 4.90 Å². The number of hydrogen-bond acceptors (Lipinski definition) is 3. The molecule has 0 saturated carbocycles. The van der Waals surface area contributed by atoms with Crippen molar-refractivity contribution in [1.29, 1.82) is 0 Å². The minimum absolute atomic E-state index is 0.772. The van der Waals surface area contributed by atoms with Gasteiger partial charge in [0.1, 0.15) is 0 Å². The molecule has 1 aliphatic heterocycles. The molecule has 1 aromatic carbocycles. The molecule has 0 atom stereocenters. The summed E-state index contributed by atoms with van der Waals surface area (Å²) in [5.41, 5.74) is 7.82. The Morgan fingerprint density at radius 2 is 2.12 bits per heavy atom. The van der Waals surface area contributed by atoms with E-state index in [4.69, 9.17) is 5.73 Å². The molecule has 3 N–H and O–H groups in total. The summed E-state index contributed by atoms with van der Waals surface area (Å²) in [6.45, 7) is 3.45. The summed E-state index contributed by atoms with van der Waals surface area (Å²) in [5.74, 6) is 0.772. The van der Waals surface area contributed by atoms with Gasteiger partial charge in [-0.25, -0.2) is 0 Å². The van der Waals surface area contributed by atoms with Gasteiger partial charge in [0.25, 0.3) is 0 Å². The van der Waals surface area contributed by atoms with E-state index in [9.17, 15) is 0 Å². The van der Waals surface area contributed by atoms with Gasteiger partial charge in [0.15, 0.2) is 0 Å². The molecule has 1 saturated heterocycles. The topological polar surface area (TPSA) is 41.3 Å². The van der Waals surface area contributed by atoms with Crippen molar-refractivity contribution < 1.29 is 0 Å². The van der Waals surface area contributed by atoms with Gasteiger partial charge in [0, 0.05) is 11.0 Å². The predicted octanol–water partition coefficient (Wildman–Crippen LogP) is 2.79. The number of anilines is 2. The van der Waals surface area contributed by atoms with Crippen LogP contribution in [0.3, 0.4) is 0 Å². The first-order valence-corrected chi connectivity index (χ1v) is 6.92. The highest BCUT2D eigenvalue weighted by molar-refractivity contribution is 9.10.